The predicted octanol–water partition coefficient (Wildman–Crippen LogP) is 1.89. The molecule has 1 aromatic carbocycles. The Hall–Kier alpha value is -1.63. The summed E-state index contributed by atoms with van der Waals surface area (Å²) in [6.45, 7) is 7.71. The lowest BCUT2D eigenvalue weighted by atomic mass is 10.00. The van der Waals surface area contributed by atoms with Crippen LogP contribution in [0.3, 0.4) is 0 Å². The minimum atomic E-state index is 0.170. The van der Waals surface area contributed by atoms with E-state index in [4.69, 9.17) is 9.47 Å². The monoisotopic (exact) mass is 386 g/mol. The van der Waals surface area contributed by atoms with Gasteiger partial charge in [0.05, 0.1) is 12.7 Å². The average molecular weight is 387 g/mol. The third-order valence-corrected chi connectivity index (χ3v) is 6.13. The van der Waals surface area contributed by atoms with Crippen molar-refractivity contribution in [1.29, 1.82) is 0 Å². The highest BCUT2D eigenvalue weighted by Crippen LogP contribution is 2.21. The van der Waals surface area contributed by atoms with Crippen molar-refractivity contribution in [1.82, 2.24) is 15.1 Å². The smallest absolute Gasteiger partial charge is 0.193 e. The number of rotatable bonds is 5. The topological polar surface area (TPSA) is 49.3 Å². The largest absolute Gasteiger partial charge is 0.375 e. The van der Waals surface area contributed by atoms with Crippen LogP contribution in [0.2, 0.25) is 0 Å². The third-order valence-electron chi connectivity index (χ3n) is 6.13. The zero-order valence-electron chi connectivity index (χ0n) is 17.1. The summed E-state index contributed by atoms with van der Waals surface area (Å²) in [5.41, 5.74) is 3.01. The molecule has 3 aliphatic heterocycles. The highest BCUT2D eigenvalue weighted by Gasteiger charge is 2.32. The molecule has 4 rings (SSSR count). The molecule has 2 saturated heterocycles. The van der Waals surface area contributed by atoms with Gasteiger partial charge in [-0.1, -0.05) is 24.3 Å². The lowest BCUT2D eigenvalue weighted by Gasteiger charge is -2.37. The summed E-state index contributed by atoms with van der Waals surface area (Å²) < 4.78 is 11.8. The van der Waals surface area contributed by atoms with Crippen molar-refractivity contribution in [2.45, 2.75) is 44.4 Å². The molecule has 0 saturated carbocycles. The number of nitrogens with zero attached hydrogens (tertiary/aromatic N) is 3. The van der Waals surface area contributed by atoms with Crippen LogP contribution < -0.4 is 5.32 Å². The summed E-state index contributed by atoms with van der Waals surface area (Å²) in [5, 5.41) is 3.56. The molecule has 154 valence electrons. The predicted molar refractivity (Wildman–Crippen MR) is 112 cm³/mol. The van der Waals surface area contributed by atoms with E-state index in [1.165, 1.54) is 17.5 Å². The Morgan fingerprint density at radius 1 is 1.14 bits per heavy atom. The Balaban J connectivity index is 1.19. The Bertz CT molecular complexity index is 660. The molecule has 6 heteroatoms. The van der Waals surface area contributed by atoms with Gasteiger partial charge in [-0.3, -0.25) is 9.89 Å². The van der Waals surface area contributed by atoms with Crippen molar-refractivity contribution < 1.29 is 9.47 Å². The Labute approximate surface area is 168 Å². The van der Waals surface area contributed by atoms with Crippen LogP contribution >= 0.6 is 0 Å². The minimum absolute atomic E-state index is 0.170. The maximum Gasteiger partial charge on any atom is 0.193 e. The normalized spacial score (nSPS) is 26.3. The van der Waals surface area contributed by atoms with Gasteiger partial charge in [-0.25, -0.2) is 0 Å². The van der Waals surface area contributed by atoms with Crippen LogP contribution in [0, 0.1) is 0 Å². The lowest BCUT2D eigenvalue weighted by Crippen LogP contribution is -2.53. The van der Waals surface area contributed by atoms with E-state index in [-0.39, 0.29) is 12.2 Å². The number of hydrogen-bond donors (Lipinski definition) is 1. The third kappa shape index (κ3) is 4.85. The van der Waals surface area contributed by atoms with E-state index in [9.17, 15) is 0 Å². The molecule has 1 N–H and O–H groups in total. The highest BCUT2D eigenvalue weighted by molar-refractivity contribution is 5.80. The molecule has 0 aromatic heterocycles. The second kappa shape index (κ2) is 9.72. The molecule has 2 fully saturated rings. The maximum atomic E-state index is 5.96. The average Bonchev–Trinajstić information content (AvgIpc) is 3.29. The van der Waals surface area contributed by atoms with E-state index in [0.717, 1.165) is 77.7 Å². The van der Waals surface area contributed by atoms with Gasteiger partial charge >= 0.3 is 0 Å². The van der Waals surface area contributed by atoms with Gasteiger partial charge < -0.3 is 19.7 Å². The highest BCUT2D eigenvalue weighted by atomic mass is 16.5. The molecule has 3 aliphatic rings. The summed E-state index contributed by atoms with van der Waals surface area (Å²) in [5.74, 6) is 0.996. The van der Waals surface area contributed by atoms with Gasteiger partial charge in [0.1, 0.15) is 6.10 Å². The quantitative estimate of drug-likeness (QED) is 0.476. The van der Waals surface area contributed by atoms with Crippen LogP contribution in [0.5, 0.6) is 0 Å². The molecule has 0 spiro atoms. The summed E-state index contributed by atoms with van der Waals surface area (Å²) in [6, 6.07) is 8.84. The van der Waals surface area contributed by atoms with Crippen LogP contribution in [0.1, 0.15) is 30.4 Å². The van der Waals surface area contributed by atoms with E-state index < -0.39 is 0 Å². The first-order chi connectivity index (χ1) is 13.8. The Morgan fingerprint density at radius 3 is 2.82 bits per heavy atom. The number of guanidine groups is 1. The van der Waals surface area contributed by atoms with Crippen molar-refractivity contribution in [2.24, 2.45) is 4.99 Å². The molecular weight excluding hydrogens is 352 g/mol. The first-order valence-electron chi connectivity index (χ1n) is 10.8. The second-order valence-corrected chi connectivity index (χ2v) is 8.03. The van der Waals surface area contributed by atoms with E-state index >= 15 is 0 Å². The van der Waals surface area contributed by atoms with Gasteiger partial charge in [-0.2, -0.15) is 0 Å². The van der Waals surface area contributed by atoms with E-state index in [1.807, 2.05) is 7.05 Å². The maximum absolute atomic E-state index is 5.96. The van der Waals surface area contributed by atoms with Crippen LogP contribution in [0.25, 0.3) is 0 Å². The molecule has 0 radical (unpaired) electrons. The standard InChI is InChI=1S/C22H34N4O2/c1-23-22(26-13-15-28-21(17-26)20-8-4-14-27-20)24-10-5-11-25-12-9-18-6-2-3-7-19(18)16-25/h2-3,6-7,20-21H,4-5,8-17H2,1H3,(H,23,24). The van der Waals surface area contributed by atoms with Crippen LogP contribution in [0.15, 0.2) is 29.3 Å². The number of benzene rings is 1. The van der Waals surface area contributed by atoms with Crippen molar-refractivity contribution in [3.05, 3.63) is 35.4 Å². The molecular formula is C22H34N4O2. The van der Waals surface area contributed by atoms with Gasteiger partial charge in [0.2, 0.25) is 0 Å². The van der Waals surface area contributed by atoms with E-state index in [0.29, 0.717) is 0 Å². The zero-order chi connectivity index (χ0) is 19.2. The Kier molecular flexibility index (Phi) is 6.83. The summed E-state index contributed by atoms with van der Waals surface area (Å²) in [7, 11) is 1.88. The number of morpholine rings is 1. The van der Waals surface area contributed by atoms with Crippen LogP contribution in [0.4, 0.5) is 0 Å². The van der Waals surface area contributed by atoms with Gasteiger partial charge in [0, 0.05) is 52.9 Å². The SMILES string of the molecule is CN=C(NCCCN1CCc2ccccc2C1)N1CCOC(C2CCCO2)C1. The van der Waals surface area contributed by atoms with E-state index in [2.05, 4.69) is 44.4 Å². The fraction of sp³-hybridized carbons (Fsp3) is 0.682. The number of fused-ring (bicyclic) bond motifs is 1. The molecule has 2 atom stereocenters. The molecule has 3 heterocycles. The first-order valence-corrected chi connectivity index (χ1v) is 10.8. The summed E-state index contributed by atoms with van der Waals surface area (Å²) in [4.78, 5) is 9.40. The molecule has 0 bridgehead atoms. The van der Waals surface area contributed by atoms with Crippen molar-refractivity contribution >= 4 is 5.96 Å². The van der Waals surface area contributed by atoms with Gasteiger partial charge in [-0.15, -0.1) is 0 Å². The number of hydrogen-bond acceptors (Lipinski definition) is 4. The lowest BCUT2D eigenvalue weighted by molar-refractivity contribution is -0.0816. The summed E-state index contributed by atoms with van der Waals surface area (Å²) >= 11 is 0. The molecule has 1 aromatic rings. The minimum Gasteiger partial charge on any atom is -0.375 e. The molecule has 28 heavy (non-hydrogen) atoms. The van der Waals surface area contributed by atoms with Crippen LogP contribution in [-0.4, -0.2) is 81.0 Å². The fourth-order valence-electron chi connectivity index (χ4n) is 4.57. The van der Waals surface area contributed by atoms with Crippen LogP contribution in [-0.2, 0) is 22.4 Å². The molecule has 2 unspecified atom stereocenters. The first kappa shape index (κ1) is 19.7. The Morgan fingerprint density at radius 2 is 2.00 bits per heavy atom. The van der Waals surface area contributed by atoms with Crippen molar-refractivity contribution in [3.63, 3.8) is 0 Å². The molecule has 6 nitrogen and oxygen atoms in total. The zero-order valence-corrected chi connectivity index (χ0v) is 17.1. The second-order valence-electron chi connectivity index (χ2n) is 8.03. The van der Waals surface area contributed by atoms with Gasteiger partial charge in [0.15, 0.2) is 5.96 Å². The number of ether oxygens (including phenoxy) is 2. The molecule has 0 amide bonds. The van der Waals surface area contributed by atoms with E-state index in [1.54, 1.807) is 0 Å². The number of nitrogens with one attached hydrogen (secondary N) is 1. The van der Waals surface area contributed by atoms with Gasteiger partial charge in [0.25, 0.3) is 0 Å². The van der Waals surface area contributed by atoms with Crippen molar-refractivity contribution in [3.8, 4) is 0 Å². The van der Waals surface area contributed by atoms with Gasteiger partial charge in [-0.05, 0) is 36.8 Å². The molecule has 0 aliphatic carbocycles. The number of aliphatic imine (C=N–C) groups is 1. The van der Waals surface area contributed by atoms with Crippen molar-refractivity contribution in [2.75, 3.05) is 53.0 Å². The summed E-state index contributed by atoms with van der Waals surface area (Å²) in [6.07, 6.45) is 4.98. The fourth-order valence-corrected chi connectivity index (χ4v) is 4.57.